The molecule has 0 spiro atoms. The van der Waals surface area contributed by atoms with Gasteiger partial charge in [0.25, 0.3) is 5.91 Å². The highest BCUT2D eigenvalue weighted by Gasteiger charge is 2.09. The quantitative estimate of drug-likeness (QED) is 0.226. The van der Waals surface area contributed by atoms with Crippen molar-refractivity contribution < 1.29 is 14.7 Å². The number of amides is 1. The predicted molar refractivity (Wildman–Crippen MR) is 83.7 cm³/mol. The summed E-state index contributed by atoms with van der Waals surface area (Å²) in [6.07, 6.45) is 0. The molecule has 23 heavy (non-hydrogen) atoms. The summed E-state index contributed by atoms with van der Waals surface area (Å²) in [5.74, 6) is 3.68. The first-order valence-electron chi connectivity index (χ1n) is 6.45. The third-order valence-electron chi connectivity index (χ3n) is 3.00. The number of nitrogens with zero attached hydrogens (tertiary/aromatic N) is 2. The lowest BCUT2D eigenvalue weighted by atomic mass is 10.1. The highest BCUT2D eigenvalue weighted by Crippen LogP contribution is 2.13. The summed E-state index contributed by atoms with van der Waals surface area (Å²) in [6.45, 7) is 0. The number of rotatable bonds is 4. The van der Waals surface area contributed by atoms with Crippen LogP contribution in [0.4, 0.5) is 5.69 Å². The molecule has 0 bridgehead atoms. The second kappa shape index (κ2) is 6.94. The van der Waals surface area contributed by atoms with Gasteiger partial charge in [-0.05, 0) is 30.3 Å². The molecular weight excluding hydrogens is 298 g/mol. The molecule has 0 aromatic heterocycles. The van der Waals surface area contributed by atoms with Crippen molar-refractivity contribution in [2.24, 2.45) is 16.1 Å². The number of hydrazone groups is 1. The smallest absolute Gasteiger partial charge is 0.335 e. The average molecular weight is 311 g/mol. The molecule has 8 heteroatoms. The molecule has 0 radical (unpaired) electrons. The first kappa shape index (κ1) is 15.8. The van der Waals surface area contributed by atoms with Crippen molar-refractivity contribution >= 4 is 23.4 Å². The standard InChI is InChI=1S/C15H13N5O3/c16-19-13(20-17)9-4-6-10(7-5-9)14(21)18-12-3-1-2-11(8-12)15(22)23/h1-8,16H,17H2,(H,18,21)(H,22,23). The van der Waals surface area contributed by atoms with Gasteiger partial charge in [-0.1, -0.05) is 18.2 Å². The summed E-state index contributed by atoms with van der Waals surface area (Å²) in [7, 11) is 0. The van der Waals surface area contributed by atoms with Crippen molar-refractivity contribution in [2.75, 3.05) is 5.32 Å². The number of carbonyl (C=O) groups excluding carboxylic acids is 1. The lowest BCUT2D eigenvalue weighted by Crippen LogP contribution is -2.12. The lowest BCUT2D eigenvalue weighted by Gasteiger charge is -2.06. The molecule has 0 saturated heterocycles. The van der Waals surface area contributed by atoms with Gasteiger partial charge in [0.2, 0.25) is 0 Å². The SMILES string of the molecule is N=NC(=NN)c1ccc(C(=O)Nc2cccc(C(=O)O)c2)cc1. The molecule has 0 unspecified atom stereocenters. The summed E-state index contributed by atoms with van der Waals surface area (Å²) in [5, 5.41) is 18.1. The number of hydrogen-bond acceptors (Lipinski definition) is 5. The number of anilines is 1. The Kier molecular flexibility index (Phi) is 4.78. The molecule has 116 valence electrons. The Morgan fingerprint density at radius 2 is 1.70 bits per heavy atom. The molecule has 2 rings (SSSR count). The Hall–Kier alpha value is -3.55. The molecule has 2 aromatic carbocycles. The maximum atomic E-state index is 12.1. The van der Waals surface area contributed by atoms with Crippen molar-refractivity contribution in [3.8, 4) is 0 Å². The van der Waals surface area contributed by atoms with Gasteiger partial charge in [-0.3, -0.25) is 4.79 Å². The normalized spacial score (nSPS) is 10.9. The number of carboxylic acids is 1. The fourth-order valence-electron chi connectivity index (χ4n) is 1.87. The van der Waals surface area contributed by atoms with Gasteiger partial charge >= 0.3 is 5.97 Å². The summed E-state index contributed by atoms with van der Waals surface area (Å²) in [6, 6.07) is 12.1. The third-order valence-corrected chi connectivity index (χ3v) is 3.00. The number of amidine groups is 1. The fraction of sp³-hybridized carbons (Fsp3) is 0. The zero-order valence-electron chi connectivity index (χ0n) is 11.9. The Bertz CT molecular complexity index is 784. The van der Waals surface area contributed by atoms with E-state index < -0.39 is 11.9 Å². The van der Waals surface area contributed by atoms with Crippen molar-refractivity contribution in [2.45, 2.75) is 0 Å². The van der Waals surface area contributed by atoms with Crippen LogP contribution in [0.5, 0.6) is 0 Å². The van der Waals surface area contributed by atoms with Gasteiger partial charge in [0.15, 0.2) is 5.84 Å². The van der Waals surface area contributed by atoms with Crippen LogP contribution >= 0.6 is 0 Å². The van der Waals surface area contributed by atoms with E-state index in [1.807, 2.05) is 0 Å². The molecule has 2 aromatic rings. The minimum atomic E-state index is -1.07. The van der Waals surface area contributed by atoms with Crippen LogP contribution in [-0.4, -0.2) is 22.8 Å². The van der Waals surface area contributed by atoms with Gasteiger partial charge < -0.3 is 16.3 Å². The first-order chi connectivity index (χ1) is 11.0. The largest absolute Gasteiger partial charge is 0.478 e. The van der Waals surface area contributed by atoms with Crippen LogP contribution < -0.4 is 11.2 Å². The van der Waals surface area contributed by atoms with E-state index in [1.165, 1.54) is 24.3 Å². The number of nitrogens with one attached hydrogen (secondary N) is 2. The summed E-state index contributed by atoms with van der Waals surface area (Å²) in [5.41, 5.74) is 8.25. The Morgan fingerprint density at radius 3 is 2.26 bits per heavy atom. The first-order valence-corrected chi connectivity index (χ1v) is 6.45. The van der Waals surface area contributed by atoms with Crippen molar-refractivity contribution in [1.29, 1.82) is 5.53 Å². The van der Waals surface area contributed by atoms with Crippen LogP contribution in [0, 0.1) is 5.53 Å². The van der Waals surface area contributed by atoms with E-state index in [0.29, 0.717) is 16.8 Å². The van der Waals surface area contributed by atoms with E-state index in [0.717, 1.165) is 0 Å². The van der Waals surface area contributed by atoms with E-state index in [9.17, 15) is 9.59 Å². The summed E-state index contributed by atoms with van der Waals surface area (Å²) >= 11 is 0. The van der Waals surface area contributed by atoms with Crippen LogP contribution in [0.3, 0.4) is 0 Å². The molecule has 0 fully saturated rings. The molecular formula is C15H13N5O3. The Balaban J connectivity index is 2.16. The number of carboxylic acid groups (broad SMARTS) is 1. The number of nitrogens with two attached hydrogens (primary N) is 1. The molecule has 0 saturated carbocycles. The number of hydrogen-bond donors (Lipinski definition) is 4. The maximum Gasteiger partial charge on any atom is 0.335 e. The van der Waals surface area contributed by atoms with E-state index in [4.69, 9.17) is 16.5 Å². The highest BCUT2D eigenvalue weighted by atomic mass is 16.4. The minimum Gasteiger partial charge on any atom is -0.478 e. The van der Waals surface area contributed by atoms with Crippen LogP contribution in [-0.2, 0) is 0 Å². The van der Waals surface area contributed by atoms with Gasteiger partial charge in [0.1, 0.15) is 0 Å². The molecule has 1 amide bonds. The van der Waals surface area contributed by atoms with Gasteiger partial charge in [-0.25, -0.2) is 10.3 Å². The number of carbonyl (C=O) groups is 2. The Labute approximate surface area is 131 Å². The molecule has 0 aliphatic rings. The fourth-order valence-corrected chi connectivity index (χ4v) is 1.87. The number of benzene rings is 2. The maximum absolute atomic E-state index is 12.1. The van der Waals surface area contributed by atoms with Gasteiger partial charge in [-0.2, -0.15) is 5.10 Å². The molecule has 0 heterocycles. The van der Waals surface area contributed by atoms with E-state index in [-0.39, 0.29) is 11.4 Å². The zero-order chi connectivity index (χ0) is 16.8. The lowest BCUT2D eigenvalue weighted by molar-refractivity contribution is 0.0696. The second-order valence-electron chi connectivity index (χ2n) is 4.48. The second-order valence-corrected chi connectivity index (χ2v) is 4.48. The van der Waals surface area contributed by atoms with E-state index in [1.54, 1.807) is 24.3 Å². The zero-order valence-corrected chi connectivity index (χ0v) is 11.9. The minimum absolute atomic E-state index is 0.0473. The molecule has 5 N–H and O–H groups in total. The summed E-state index contributed by atoms with van der Waals surface area (Å²) < 4.78 is 0. The van der Waals surface area contributed by atoms with Gasteiger partial charge in [0.05, 0.1) is 5.56 Å². The molecule has 8 nitrogen and oxygen atoms in total. The van der Waals surface area contributed by atoms with Gasteiger partial charge in [-0.15, -0.1) is 5.11 Å². The predicted octanol–water partition coefficient (Wildman–Crippen LogP) is 2.29. The monoisotopic (exact) mass is 311 g/mol. The molecule has 0 aliphatic carbocycles. The molecule has 0 atom stereocenters. The van der Waals surface area contributed by atoms with Crippen molar-refractivity contribution in [1.82, 2.24) is 0 Å². The Morgan fingerprint density at radius 1 is 1.04 bits per heavy atom. The van der Waals surface area contributed by atoms with Crippen LogP contribution in [0.1, 0.15) is 26.3 Å². The van der Waals surface area contributed by atoms with E-state index >= 15 is 0 Å². The molecule has 0 aliphatic heterocycles. The van der Waals surface area contributed by atoms with Crippen molar-refractivity contribution in [3.63, 3.8) is 0 Å². The average Bonchev–Trinajstić information content (AvgIpc) is 2.56. The van der Waals surface area contributed by atoms with Crippen molar-refractivity contribution in [3.05, 3.63) is 65.2 Å². The van der Waals surface area contributed by atoms with E-state index in [2.05, 4.69) is 15.5 Å². The topological polar surface area (TPSA) is 141 Å². The van der Waals surface area contributed by atoms with Crippen LogP contribution in [0.2, 0.25) is 0 Å². The highest BCUT2D eigenvalue weighted by molar-refractivity contribution is 6.06. The number of aromatic carboxylic acids is 1. The third kappa shape index (κ3) is 3.76. The van der Waals surface area contributed by atoms with Gasteiger partial charge in [0, 0.05) is 16.8 Å². The van der Waals surface area contributed by atoms with Crippen LogP contribution in [0.25, 0.3) is 0 Å². The summed E-state index contributed by atoms with van der Waals surface area (Å²) in [4.78, 5) is 23.1. The van der Waals surface area contributed by atoms with Crippen LogP contribution in [0.15, 0.2) is 58.7 Å².